The molecule has 0 saturated carbocycles. The Kier molecular flexibility index (Phi) is 6.55. The van der Waals surface area contributed by atoms with Gasteiger partial charge in [0.05, 0.1) is 40.0 Å². The van der Waals surface area contributed by atoms with Gasteiger partial charge >= 0.3 is 12.1 Å². The van der Waals surface area contributed by atoms with Gasteiger partial charge in [-0.15, -0.1) is 0 Å². The van der Waals surface area contributed by atoms with Crippen LogP contribution in [0.25, 0.3) is 22.2 Å². The molecule has 7 nitrogen and oxygen atoms in total. The van der Waals surface area contributed by atoms with Gasteiger partial charge < -0.3 is 10.1 Å². The first-order valence-electron chi connectivity index (χ1n) is 10.4. The lowest BCUT2D eigenvalue weighted by molar-refractivity contribution is -0.138. The average molecular weight is 516 g/mol. The number of nitrogens with one attached hydrogen (secondary N) is 1. The van der Waals surface area contributed by atoms with Gasteiger partial charge in [-0.25, -0.2) is 4.79 Å². The van der Waals surface area contributed by atoms with Crippen LogP contribution in [0.15, 0.2) is 60.7 Å². The Labute approximate surface area is 207 Å². The number of benzene rings is 3. The normalized spacial score (nSPS) is 11.4. The Hall–Kier alpha value is -4.18. The minimum absolute atomic E-state index is 0.0853. The lowest BCUT2D eigenvalue weighted by Gasteiger charge is -2.13. The van der Waals surface area contributed by atoms with Crippen LogP contribution in [0.3, 0.4) is 0 Å². The molecule has 0 atom stereocenters. The first-order chi connectivity index (χ1) is 17.0. The van der Waals surface area contributed by atoms with Gasteiger partial charge in [-0.1, -0.05) is 41.9 Å². The molecule has 11 heteroatoms. The van der Waals surface area contributed by atoms with E-state index in [1.807, 2.05) is 0 Å². The van der Waals surface area contributed by atoms with E-state index in [-0.39, 0.29) is 27.5 Å². The third-order valence-electron chi connectivity index (χ3n) is 5.32. The molecule has 0 saturated heterocycles. The molecular formula is C25H17ClF3N3O4. The summed E-state index contributed by atoms with van der Waals surface area (Å²) >= 11 is 6.04. The number of nitrogens with zero attached hydrogens (tertiary/aromatic N) is 2. The van der Waals surface area contributed by atoms with Gasteiger partial charge in [0.25, 0.3) is 5.91 Å². The number of aromatic nitrogens is 2. The van der Waals surface area contributed by atoms with Crippen molar-refractivity contribution in [2.75, 3.05) is 12.4 Å². The molecule has 0 aliphatic rings. The second kappa shape index (κ2) is 9.46. The standard InChI is InChI=1S/C25H17ClF3N3O4/c1-13(33)30-19-12-14(10-11-15(19)24(35)36-2)22-16-6-3-4-9-20(16)32(31-22)23(34)21-17(25(27,28)29)7-5-8-18(21)26/h3-12H,1-2H3,(H,30,33). The van der Waals surface area contributed by atoms with E-state index in [2.05, 4.69) is 10.4 Å². The fourth-order valence-electron chi connectivity index (χ4n) is 3.79. The summed E-state index contributed by atoms with van der Waals surface area (Å²) in [5.41, 5.74) is -0.817. The number of ether oxygens (including phenoxy) is 1. The van der Waals surface area contributed by atoms with Gasteiger partial charge in [0.1, 0.15) is 5.69 Å². The van der Waals surface area contributed by atoms with Gasteiger partial charge in [-0.05, 0) is 30.3 Å². The molecule has 1 N–H and O–H groups in total. The number of halogens is 4. The molecule has 1 aromatic heterocycles. The highest BCUT2D eigenvalue weighted by molar-refractivity contribution is 6.34. The fourth-order valence-corrected chi connectivity index (χ4v) is 4.05. The molecule has 0 fully saturated rings. The lowest BCUT2D eigenvalue weighted by Crippen LogP contribution is -2.20. The smallest absolute Gasteiger partial charge is 0.417 e. The summed E-state index contributed by atoms with van der Waals surface area (Å²) in [4.78, 5) is 37.2. The van der Waals surface area contributed by atoms with E-state index in [0.29, 0.717) is 10.9 Å². The quantitative estimate of drug-likeness (QED) is 0.346. The number of esters is 1. The van der Waals surface area contributed by atoms with Crippen molar-refractivity contribution in [1.82, 2.24) is 9.78 Å². The summed E-state index contributed by atoms with van der Waals surface area (Å²) in [6.07, 6.45) is -4.82. The van der Waals surface area contributed by atoms with Gasteiger partial charge in [-0.3, -0.25) is 9.59 Å². The third kappa shape index (κ3) is 4.55. The van der Waals surface area contributed by atoms with Crippen molar-refractivity contribution in [1.29, 1.82) is 0 Å². The van der Waals surface area contributed by atoms with Crippen molar-refractivity contribution in [2.24, 2.45) is 0 Å². The zero-order valence-corrected chi connectivity index (χ0v) is 19.6. The predicted molar refractivity (Wildman–Crippen MR) is 127 cm³/mol. The summed E-state index contributed by atoms with van der Waals surface area (Å²) in [6.45, 7) is 1.26. The summed E-state index contributed by atoms with van der Waals surface area (Å²) in [7, 11) is 1.19. The minimum Gasteiger partial charge on any atom is -0.465 e. The number of alkyl halides is 3. The Morgan fingerprint density at radius 2 is 1.75 bits per heavy atom. The van der Waals surface area contributed by atoms with Crippen molar-refractivity contribution >= 4 is 46.0 Å². The Morgan fingerprint density at radius 1 is 1.03 bits per heavy atom. The molecule has 0 unspecified atom stereocenters. The van der Waals surface area contributed by atoms with Crippen LogP contribution in [0.1, 0.15) is 33.2 Å². The first-order valence-corrected chi connectivity index (χ1v) is 10.8. The molecule has 36 heavy (non-hydrogen) atoms. The number of carbonyl (C=O) groups is 3. The van der Waals surface area contributed by atoms with Crippen LogP contribution in [0.2, 0.25) is 5.02 Å². The van der Waals surface area contributed by atoms with Crippen LogP contribution in [-0.4, -0.2) is 34.7 Å². The van der Waals surface area contributed by atoms with E-state index in [1.165, 1.54) is 44.4 Å². The number of hydrogen-bond donors (Lipinski definition) is 1. The summed E-state index contributed by atoms with van der Waals surface area (Å²) < 4.78 is 46.6. The van der Waals surface area contributed by atoms with Crippen molar-refractivity contribution in [3.63, 3.8) is 0 Å². The number of carbonyl (C=O) groups excluding carboxylic acids is 3. The molecule has 0 radical (unpaired) electrons. The molecule has 4 rings (SSSR count). The van der Waals surface area contributed by atoms with Crippen molar-refractivity contribution in [3.8, 4) is 11.3 Å². The van der Waals surface area contributed by atoms with Crippen LogP contribution in [0, 0.1) is 0 Å². The monoisotopic (exact) mass is 515 g/mol. The number of rotatable bonds is 4. The van der Waals surface area contributed by atoms with Crippen molar-refractivity contribution < 1.29 is 32.3 Å². The number of methoxy groups -OCH3 is 1. The average Bonchev–Trinajstić information content (AvgIpc) is 3.22. The fraction of sp³-hybridized carbons (Fsp3) is 0.120. The van der Waals surface area contributed by atoms with Crippen LogP contribution in [0.4, 0.5) is 18.9 Å². The molecule has 1 amide bonds. The van der Waals surface area contributed by atoms with Crippen molar-refractivity contribution in [2.45, 2.75) is 13.1 Å². The lowest BCUT2D eigenvalue weighted by atomic mass is 10.0. The maximum atomic E-state index is 13.7. The largest absolute Gasteiger partial charge is 0.465 e. The molecule has 3 aromatic carbocycles. The highest BCUT2D eigenvalue weighted by Gasteiger charge is 2.37. The molecule has 1 heterocycles. The van der Waals surface area contributed by atoms with Gasteiger partial charge in [0.2, 0.25) is 5.91 Å². The number of anilines is 1. The number of amides is 1. The molecule has 0 aliphatic carbocycles. The van der Waals surface area contributed by atoms with E-state index < -0.39 is 35.1 Å². The topological polar surface area (TPSA) is 90.3 Å². The molecule has 0 aliphatic heterocycles. The predicted octanol–water partition coefficient (Wildman–Crippen LogP) is 5.81. The van der Waals surface area contributed by atoms with E-state index in [1.54, 1.807) is 18.2 Å². The maximum absolute atomic E-state index is 13.7. The maximum Gasteiger partial charge on any atom is 0.417 e. The van der Waals surface area contributed by atoms with E-state index in [9.17, 15) is 27.6 Å². The summed E-state index contributed by atoms with van der Waals surface area (Å²) in [5, 5.41) is 6.96. The van der Waals surface area contributed by atoms with Crippen LogP contribution >= 0.6 is 11.6 Å². The summed E-state index contributed by atoms with van der Waals surface area (Å²) in [6, 6.07) is 14.0. The van der Waals surface area contributed by atoms with Crippen LogP contribution in [-0.2, 0) is 15.7 Å². The second-order valence-corrected chi connectivity index (χ2v) is 8.08. The molecule has 0 spiro atoms. The number of fused-ring (bicyclic) bond motifs is 1. The zero-order valence-electron chi connectivity index (χ0n) is 18.8. The Balaban J connectivity index is 1.93. The van der Waals surface area contributed by atoms with Gasteiger partial charge in [0.15, 0.2) is 0 Å². The minimum atomic E-state index is -4.82. The Bertz CT molecular complexity index is 1530. The van der Waals surface area contributed by atoms with E-state index in [4.69, 9.17) is 16.3 Å². The molecular weight excluding hydrogens is 499 g/mol. The van der Waals surface area contributed by atoms with E-state index >= 15 is 0 Å². The number of para-hydroxylation sites is 1. The first kappa shape index (κ1) is 24.9. The Morgan fingerprint density at radius 3 is 2.42 bits per heavy atom. The SMILES string of the molecule is COC(=O)c1ccc(-c2nn(C(=O)c3c(Cl)cccc3C(F)(F)F)c3ccccc23)cc1NC(C)=O. The highest BCUT2D eigenvalue weighted by Crippen LogP contribution is 2.37. The number of hydrogen-bond acceptors (Lipinski definition) is 5. The van der Waals surface area contributed by atoms with Crippen LogP contribution in [0.5, 0.6) is 0 Å². The van der Waals surface area contributed by atoms with Gasteiger partial charge in [0, 0.05) is 17.9 Å². The van der Waals surface area contributed by atoms with Gasteiger partial charge in [-0.2, -0.15) is 23.0 Å². The van der Waals surface area contributed by atoms with Crippen molar-refractivity contribution in [3.05, 3.63) is 82.4 Å². The van der Waals surface area contributed by atoms with E-state index in [0.717, 1.165) is 16.8 Å². The second-order valence-electron chi connectivity index (χ2n) is 7.68. The molecule has 4 aromatic rings. The summed E-state index contributed by atoms with van der Waals surface area (Å²) in [5.74, 6) is -2.20. The zero-order chi connectivity index (χ0) is 26.2. The molecule has 0 bridgehead atoms. The van der Waals surface area contributed by atoms with Crippen LogP contribution < -0.4 is 5.32 Å². The third-order valence-corrected chi connectivity index (χ3v) is 5.64. The molecule has 184 valence electrons. The highest BCUT2D eigenvalue weighted by atomic mass is 35.5.